The summed E-state index contributed by atoms with van der Waals surface area (Å²) in [4.78, 5) is 9.39. The number of hydrogen-bond acceptors (Lipinski definition) is 3. The number of furan rings is 1. The largest absolute Gasteiger partial charge is 0.437 e. The maximum atomic E-state index is 8.45. The molecule has 198 valence electrons. The van der Waals surface area contributed by atoms with Crippen LogP contribution in [0.25, 0.3) is 82.5 Å². The summed E-state index contributed by atoms with van der Waals surface area (Å²) in [6.45, 7) is -4.80. The molecule has 0 spiro atoms. The molecule has 0 saturated carbocycles. The van der Waals surface area contributed by atoms with Gasteiger partial charge in [0.15, 0.2) is 0 Å². The number of imidazole rings is 1. The van der Waals surface area contributed by atoms with Crippen LogP contribution in [-0.4, -0.2) is 14.5 Å². The van der Waals surface area contributed by atoms with E-state index in [-0.39, 0.29) is 17.0 Å². The van der Waals surface area contributed by atoms with Crippen LogP contribution in [0.1, 0.15) is 19.5 Å². The molecule has 0 unspecified atom stereocenters. The topological polar surface area (TPSA) is 43.9 Å². The van der Waals surface area contributed by atoms with Crippen molar-refractivity contribution < 1.29 is 12.6 Å². The zero-order valence-electron chi connectivity index (χ0n) is 28.2. The third-order valence-electron chi connectivity index (χ3n) is 8.27. The molecule has 0 bridgehead atoms. The minimum atomic E-state index is -2.41. The van der Waals surface area contributed by atoms with Gasteiger partial charge in [0.05, 0.1) is 16.6 Å². The van der Waals surface area contributed by atoms with Gasteiger partial charge in [0.2, 0.25) is 5.71 Å². The van der Waals surface area contributed by atoms with Crippen molar-refractivity contribution in [3.8, 4) is 17.1 Å². The lowest BCUT2D eigenvalue weighted by atomic mass is 9.94. The number of pyridine rings is 1. The van der Waals surface area contributed by atoms with Crippen LogP contribution in [0, 0.1) is 13.7 Å². The molecule has 0 atom stereocenters. The number of nitrogens with zero attached hydrogens (tertiary/aromatic N) is 3. The van der Waals surface area contributed by atoms with Gasteiger partial charge in [0.25, 0.3) is 0 Å². The van der Waals surface area contributed by atoms with Crippen molar-refractivity contribution >= 4 is 65.4 Å². The molecule has 9 rings (SSSR count). The number of hydrogen-bond donors (Lipinski definition) is 0. The fourth-order valence-corrected chi connectivity index (χ4v) is 6.45. The summed E-state index contributed by atoms with van der Waals surface area (Å²) in [6, 6.07) is 36.9. The molecule has 0 aliphatic heterocycles. The second-order valence-corrected chi connectivity index (χ2v) is 10.6. The van der Waals surface area contributed by atoms with Gasteiger partial charge in [0, 0.05) is 30.4 Å². The molecule has 3 aromatic heterocycles. The Morgan fingerprint density at radius 3 is 2.05 bits per heavy atom. The van der Waals surface area contributed by atoms with Crippen LogP contribution in [0.4, 0.5) is 0 Å². The van der Waals surface area contributed by atoms with Crippen LogP contribution in [0.5, 0.6) is 0 Å². The Hall–Kier alpha value is -5.48. The number of aryl methyl sites for hydroxylation is 2. The highest BCUT2D eigenvalue weighted by atomic mass is 16.3. The predicted octanol–water partition coefficient (Wildman–Crippen LogP) is 10.1. The summed E-state index contributed by atoms with van der Waals surface area (Å²) in [5, 5.41) is 8.06. The van der Waals surface area contributed by atoms with Gasteiger partial charge in [-0.25, -0.2) is 9.97 Å². The standard InChI is InChI=1S/C38H25N3O/c1-22-9-7-16-34-35(22)41(37(40-34)32-15-8-14-30-31-19-17-23(2)39-38(31)42-36(30)32)24-18-20-29-27-12-4-3-10-25(27)26-11-5-6-13-28(26)33(29)21-24/h3-21H,1-2H3/i1D3,2D3. The molecule has 0 saturated heterocycles. The summed E-state index contributed by atoms with van der Waals surface area (Å²) in [5.74, 6) is 0.492. The van der Waals surface area contributed by atoms with E-state index in [1.807, 2.05) is 59.2 Å². The Kier molecular flexibility index (Phi) is 3.66. The second kappa shape index (κ2) is 8.51. The average Bonchev–Trinajstić information content (AvgIpc) is 3.66. The van der Waals surface area contributed by atoms with Crippen molar-refractivity contribution in [2.75, 3.05) is 0 Å². The quantitative estimate of drug-likeness (QED) is 0.203. The number of fused-ring (bicyclic) bond motifs is 10. The highest BCUT2D eigenvalue weighted by Crippen LogP contribution is 2.40. The van der Waals surface area contributed by atoms with E-state index >= 15 is 0 Å². The average molecular weight is 546 g/mol. The Labute approximate surface area is 249 Å². The minimum absolute atomic E-state index is 0.0546. The third kappa shape index (κ3) is 3.18. The SMILES string of the molecule is [2H]C([2H])([2H])c1ccc2c(n1)oc1c(-c3nc4cccc(C([2H])([2H])[2H])c4n3-c3ccc4c5ccccc5c5ccccc5c4c3)cccc12. The molecular weight excluding hydrogens is 514 g/mol. The Balaban J connectivity index is 1.39. The zero-order valence-corrected chi connectivity index (χ0v) is 22.2. The summed E-state index contributed by atoms with van der Waals surface area (Å²) in [5.41, 5.74) is 3.19. The first-order valence-corrected chi connectivity index (χ1v) is 13.8. The van der Waals surface area contributed by atoms with Gasteiger partial charge in [-0.05, 0) is 88.0 Å². The molecule has 4 heteroatoms. The molecule has 0 N–H and O–H groups in total. The highest BCUT2D eigenvalue weighted by Gasteiger charge is 2.21. The molecule has 4 nitrogen and oxygen atoms in total. The molecular formula is C38H25N3O. The minimum Gasteiger partial charge on any atom is -0.437 e. The van der Waals surface area contributed by atoms with Gasteiger partial charge in [0.1, 0.15) is 11.4 Å². The lowest BCUT2D eigenvalue weighted by molar-refractivity contribution is 0.653. The molecule has 6 aromatic carbocycles. The van der Waals surface area contributed by atoms with Gasteiger partial charge in [-0.15, -0.1) is 0 Å². The van der Waals surface area contributed by atoms with Crippen molar-refractivity contribution in [2.45, 2.75) is 13.7 Å². The van der Waals surface area contributed by atoms with Crippen LogP contribution in [-0.2, 0) is 0 Å². The van der Waals surface area contributed by atoms with E-state index in [1.165, 1.54) is 11.5 Å². The van der Waals surface area contributed by atoms with E-state index in [0.717, 1.165) is 38.0 Å². The van der Waals surface area contributed by atoms with Gasteiger partial charge < -0.3 is 4.42 Å². The zero-order chi connectivity index (χ0) is 32.9. The van der Waals surface area contributed by atoms with E-state index in [9.17, 15) is 0 Å². The lowest BCUT2D eigenvalue weighted by Crippen LogP contribution is -1.99. The van der Waals surface area contributed by atoms with E-state index in [0.29, 0.717) is 33.4 Å². The molecule has 0 amide bonds. The number of aromatic nitrogens is 3. The summed E-state index contributed by atoms with van der Waals surface area (Å²) in [6.07, 6.45) is 0. The van der Waals surface area contributed by atoms with Crippen molar-refractivity contribution in [3.63, 3.8) is 0 Å². The van der Waals surface area contributed by atoms with Crippen LogP contribution < -0.4 is 0 Å². The molecule has 0 fully saturated rings. The maximum Gasteiger partial charge on any atom is 0.227 e. The molecule has 0 aliphatic rings. The number of rotatable bonds is 2. The molecule has 0 radical (unpaired) electrons. The molecule has 3 heterocycles. The monoisotopic (exact) mass is 545 g/mol. The van der Waals surface area contributed by atoms with Gasteiger partial charge in [-0.3, -0.25) is 4.57 Å². The van der Waals surface area contributed by atoms with Crippen molar-refractivity contribution in [2.24, 2.45) is 0 Å². The van der Waals surface area contributed by atoms with Crippen molar-refractivity contribution in [1.29, 1.82) is 0 Å². The van der Waals surface area contributed by atoms with Crippen LogP contribution in [0.15, 0.2) is 120 Å². The predicted molar refractivity (Wildman–Crippen MR) is 174 cm³/mol. The smallest absolute Gasteiger partial charge is 0.227 e. The first kappa shape index (κ1) is 18.1. The van der Waals surface area contributed by atoms with Gasteiger partial charge in [-0.1, -0.05) is 78.9 Å². The Morgan fingerprint density at radius 2 is 1.29 bits per heavy atom. The summed E-state index contributed by atoms with van der Waals surface area (Å²) >= 11 is 0. The van der Waals surface area contributed by atoms with Crippen LogP contribution in [0.3, 0.4) is 0 Å². The second-order valence-electron chi connectivity index (χ2n) is 10.6. The van der Waals surface area contributed by atoms with E-state index in [2.05, 4.69) is 41.4 Å². The maximum absolute atomic E-state index is 8.45. The Morgan fingerprint density at radius 1 is 0.595 bits per heavy atom. The fraction of sp³-hybridized carbons (Fsp3) is 0.0526. The van der Waals surface area contributed by atoms with Crippen LogP contribution in [0.2, 0.25) is 0 Å². The summed E-state index contributed by atoms with van der Waals surface area (Å²) in [7, 11) is 0. The number of benzene rings is 6. The van der Waals surface area contributed by atoms with E-state index in [1.54, 1.807) is 18.2 Å². The van der Waals surface area contributed by atoms with Crippen molar-refractivity contribution in [1.82, 2.24) is 14.5 Å². The summed E-state index contributed by atoms with van der Waals surface area (Å²) < 4.78 is 57.1. The highest BCUT2D eigenvalue weighted by molar-refractivity contribution is 6.25. The molecule has 0 aliphatic carbocycles. The molecule has 42 heavy (non-hydrogen) atoms. The Bertz CT molecular complexity index is 2740. The first-order valence-electron chi connectivity index (χ1n) is 16.8. The molecule has 9 aromatic rings. The van der Waals surface area contributed by atoms with Crippen molar-refractivity contribution in [3.05, 3.63) is 127 Å². The van der Waals surface area contributed by atoms with E-state index < -0.39 is 13.7 Å². The number of para-hydroxylation sites is 2. The van der Waals surface area contributed by atoms with Gasteiger partial charge >= 0.3 is 0 Å². The van der Waals surface area contributed by atoms with Crippen LogP contribution >= 0.6 is 0 Å². The van der Waals surface area contributed by atoms with Gasteiger partial charge in [-0.2, -0.15) is 0 Å². The first-order chi connectivity index (χ1) is 23.1. The fourth-order valence-electron chi connectivity index (χ4n) is 6.45. The third-order valence-corrected chi connectivity index (χ3v) is 8.27. The lowest BCUT2D eigenvalue weighted by Gasteiger charge is -2.15. The van der Waals surface area contributed by atoms with E-state index in [4.69, 9.17) is 17.6 Å². The normalized spacial score (nSPS) is 14.8.